The van der Waals surface area contributed by atoms with E-state index in [1.165, 1.54) is 0 Å². The lowest BCUT2D eigenvalue weighted by Gasteiger charge is -2.12. The molecule has 0 fully saturated rings. The molecule has 0 saturated carbocycles. The van der Waals surface area contributed by atoms with Crippen molar-refractivity contribution in [1.29, 1.82) is 0 Å². The second kappa shape index (κ2) is 7.61. The molecular formula is C22H21BrN2O2. The molecule has 0 aliphatic heterocycles. The Morgan fingerprint density at radius 1 is 0.889 bits per heavy atom. The molecule has 4 rings (SSSR count). The molecule has 3 aromatic rings. The SMILES string of the molecule is CCCn1c2c([n+](Cc3ccccc3)c1C)C(=O)c1ccccc1C2=O.[Br-]. The van der Waals surface area contributed by atoms with Gasteiger partial charge in [0.15, 0.2) is 0 Å². The molecule has 138 valence electrons. The number of carbonyl (C=O) groups excluding carboxylic acids is 2. The standard InChI is InChI=1S/C22H21N2O2.BrH/c1-3-13-23-15(2)24(14-16-9-5-4-6-10-16)20-19(23)21(25)17-11-7-8-12-18(17)22(20)26;/h4-12H,3,13-14H2,1-2H3;1H/q+1;/p-1. The van der Waals surface area contributed by atoms with E-state index < -0.39 is 0 Å². The van der Waals surface area contributed by atoms with Crippen LogP contribution in [0.3, 0.4) is 0 Å². The topological polar surface area (TPSA) is 43.0 Å². The van der Waals surface area contributed by atoms with Crippen LogP contribution in [-0.2, 0) is 13.1 Å². The Bertz CT molecular complexity index is 1020. The zero-order valence-electron chi connectivity index (χ0n) is 15.4. The molecule has 5 heteroatoms. The molecule has 1 aromatic heterocycles. The van der Waals surface area contributed by atoms with Gasteiger partial charge in [0.05, 0.1) is 6.54 Å². The van der Waals surface area contributed by atoms with Crippen molar-refractivity contribution in [2.45, 2.75) is 33.4 Å². The lowest BCUT2D eigenvalue weighted by atomic mass is 9.90. The summed E-state index contributed by atoms with van der Waals surface area (Å²) in [5, 5.41) is 0. The van der Waals surface area contributed by atoms with Crippen molar-refractivity contribution in [2.75, 3.05) is 0 Å². The maximum atomic E-state index is 13.2. The summed E-state index contributed by atoms with van der Waals surface area (Å²) in [4.78, 5) is 26.4. The first-order valence-corrected chi connectivity index (χ1v) is 8.98. The number of benzene rings is 2. The number of carbonyl (C=O) groups is 2. The largest absolute Gasteiger partial charge is 1.00 e. The minimum atomic E-state index is -0.0657. The molecule has 4 nitrogen and oxygen atoms in total. The summed E-state index contributed by atoms with van der Waals surface area (Å²) in [5.41, 5.74) is 3.16. The Morgan fingerprint density at radius 2 is 1.48 bits per heavy atom. The van der Waals surface area contributed by atoms with E-state index in [1.54, 1.807) is 12.1 Å². The number of aromatic nitrogens is 2. The van der Waals surface area contributed by atoms with Crippen LogP contribution in [0.4, 0.5) is 0 Å². The smallest absolute Gasteiger partial charge is 0.254 e. The quantitative estimate of drug-likeness (QED) is 0.443. The van der Waals surface area contributed by atoms with Gasteiger partial charge in [0.1, 0.15) is 6.54 Å². The normalized spacial score (nSPS) is 12.4. The third kappa shape index (κ3) is 3.06. The van der Waals surface area contributed by atoms with Crippen LogP contribution in [0.1, 0.15) is 56.8 Å². The van der Waals surface area contributed by atoms with Crippen molar-refractivity contribution >= 4 is 11.6 Å². The number of fused-ring (bicyclic) bond motifs is 2. The van der Waals surface area contributed by atoms with Gasteiger partial charge in [0.25, 0.3) is 5.82 Å². The first-order valence-electron chi connectivity index (χ1n) is 8.98. The zero-order chi connectivity index (χ0) is 18.3. The van der Waals surface area contributed by atoms with Crippen molar-refractivity contribution in [3.8, 4) is 0 Å². The molecule has 0 atom stereocenters. The van der Waals surface area contributed by atoms with Crippen LogP contribution in [0.15, 0.2) is 54.6 Å². The van der Waals surface area contributed by atoms with E-state index in [-0.39, 0.29) is 28.5 Å². The van der Waals surface area contributed by atoms with E-state index in [2.05, 4.69) is 6.92 Å². The minimum Gasteiger partial charge on any atom is -1.00 e. The molecule has 0 radical (unpaired) electrons. The van der Waals surface area contributed by atoms with Crippen LogP contribution in [0.25, 0.3) is 0 Å². The number of hydrogen-bond acceptors (Lipinski definition) is 2. The molecule has 27 heavy (non-hydrogen) atoms. The number of rotatable bonds is 4. The highest BCUT2D eigenvalue weighted by atomic mass is 79.9. The number of nitrogens with zero attached hydrogens (tertiary/aromatic N) is 2. The summed E-state index contributed by atoms with van der Waals surface area (Å²) in [5.74, 6) is 0.817. The van der Waals surface area contributed by atoms with Gasteiger partial charge in [-0.2, -0.15) is 0 Å². The third-order valence-corrected chi connectivity index (χ3v) is 5.02. The number of hydrogen-bond donors (Lipinski definition) is 0. The van der Waals surface area contributed by atoms with Gasteiger partial charge in [-0.15, -0.1) is 0 Å². The average molecular weight is 425 g/mol. The van der Waals surface area contributed by atoms with Gasteiger partial charge < -0.3 is 17.0 Å². The highest BCUT2D eigenvalue weighted by molar-refractivity contribution is 6.26. The third-order valence-electron chi connectivity index (χ3n) is 5.02. The van der Waals surface area contributed by atoms with Crippen LogP contribution >= 0.6 is 0 Å². The fraction of sp³-hybridized carbons (Fsp3) is 0.227. The molecule has 1 heterocycles. The fourth-order valence-electron chi connectivity index (χ4n) is 3.78. The van der Waals surface area contributed by atoms with Gasteiger partial charge in [-0.05, 0) is 12.0 Å². The average Bonchev–Trinajstić information content (AvgIpc) is 2.94. The van der Waals surface area contributed by atoms with Gasteiger partial charge in [-0.1, -0.05) is 61.5 Å². The van der Waals surface area contributed by atoms with E-state index in [1.807, 2.05) is 58.5 Å². The molecule has 2 aromatic carbocycles. The molecule has 0 saturated heterocycles. The Labute approximate surface area is 169 Å². The van der Waals surface area contributed by atoms with Gasteiger partial charge in [0, 0.05) is 18.1 Å². The summed E-state index contributed by atoms with van der Waals surface area (Å²) in [6, 6.07) is 17.2. The molecule has 0 bridgehead atoms. The van der Waals surface area contributed by atoms with E-state index in [4.69, 9.17) is 0 Å². The van der Waals surface area contributed by atoms with E-state index in [0.29, 0.717) is 29.1 Å². The lowest BCUT2D eigenvalue weighted by molar-refractivity contribution is -0.695. The van der Waals surface area contributed by atoms with Crippen LogP contribution in [0, 0.1) is 6.92 Å². The first-order chi connectivity index (χ1) is 12.6. The molecule has 0 N–H and O–H groups in total. The maximum Gasteiger partial charge on any atom is 0.254 e. The molecular weight excluding hydrogens is 404 g/mol. The van der Waals surface area contributed by atoms with Crippen LogP contribution in [0.5, 0.6) is 0 Å². The van der Waals surface area contributed by atoms with Crippen molar-refractivity contribution in [2.24, 2.45) is 0 Å². The van der Waals surface area contributed by atoms with Crippen LogP contribution < -0.4 is 21.5 Å². The number of imidazole rings is 1. The minimum absolute atomic E-state index is 0. The van der Waals surface area contributed by atoms with Gasteiger partial charge >= 0.3 is 0 Å². The molecule has 1 aliphatic carbocycles. The highest BCUT2D eigenvalue weighted by Gasteiger charge is 2.42. The predicted octanol–water partition coefficient (Wildman–Crippen LogP) is 0.322. The molecule has 1 aliphatic rings. The monoisotopic (exact) mass is 424 g/mol. The summed E-state index contributed by atoms with van der Waals surface area (Å²) < 4.78 is 4.00. The number of halogens is 1. The first kappa shape index (κ1) is 19.2. The summed E-state index contributed by atoms with van der Waals surface area (Å²) >= 11 is 0. The second-order valence-electron chi connectivity index (χ2n) is 6.67. The fourth-order valence-corrected chi connectivity index (χ4v) is 3.78. The summed E-state index contributed by atoms with van der Waals surface area (Å²) in [7, 11) is 0. The van der Waals surface area contributed by atoms with Gasteiger partial charge in [-0.25, -0.2) is 9.13 Å². The van der Waals surface area contributed by atoms with Crippen LogP contribution in [-0.4, -0.2) is 16.1 Å². The van der Waals surface area contributed by atoms with Gasteiger partial charge in [-0.3, -0.25) is 9.59 Å². The van der Waals surface area contributed by atoms with E-state index in [0.717, 1.165) is 24.4 Å². The Kier molecular flexibility index (Phi) is 5.42. The number of ketones is 2. The van der Waals surface area contributed by atoms with Crippen molar-refractivity contribution in [3.63, 3.8) is 0 Å². The van der Waals surface area contributed by atoms with Crippen LogP contribution in [0.2, 0.25) is 0 Å². The van der Waals surface area contributed by atoms with Gasteiger partial charge in [0.2, 0.25) is 23.0 Å². The lowest BCUT2D eigenvalue weighted by Crippen LogP contribution is -3.00. The maximum absolute atomic E-state index is 13.2. The molecule has 0 amide bonds. The predicted molar refractivity (Wildman–Crippen MR) is 98.5 cm³/mol. The molecule has 0 unspecified atom stereocenters. The Morgan fingerprint density at radius 3 is 2.11 bits per heavy atom. The Hall–Kier alpha value is -2.53. The van der Waals surface area contributed by atoms with E-state index in [9.17, 15) is 9.59 Å². The van der Waals surface area contributed by atoms with Crippen molar-refractivity contribution in [1.82, 2.24) is 4.57 Å². The Balaban J connectivity index is 0.00000210. The summed E-state index contributed by atoms with van der Waals surface area (Å²) in [6.07, 6.45) is 0.899. The summed E-state index contributed by atoms with van der Waals surface area (Å²) in [6.45, 7) is 5.36. The zero-order valence-corrected chi connectivity index (χ0v) is 17.0. The van der Waals surface area contributed by atoms with E-state index >= 15 is 0 Å². The second-order valence-corrected chi connectivity index (χ2v) is 6.67. The van der Waals surface area contributed by atoms with Crippen molar-refractivity contribution in [3.05, 3.63) is 88.5 Å². The molecule has 0 spiro atoms. The van der Waals surface area contributed by atoms with Crippen molar-refractivity contribution < 1.29 is 31.1 Å². The highest BCUT2D eigenvalue weighted by Crippen LogP contribution is 2.27.